The van der Waals surface area contributed by atoms with Crippen LogP contribution in [-0.4, -0.2) is 48.2 Å². The maximum Gasteiger partial charge on any atom is 0.148 e. The highest BCUT2D eigenvalue weighted by molar-refractivity contribution is 7.92. The number of nitrogens with one attached hydrogen (secondary N) is 1. The van der Waals surface area contributed by atoms with Crippen LogP contribution in [0.4, 0.5) is 0 Å². The summed E-state index contributed by atoms with van der Waals surface area (Å²) in [6, 6.07) is 0.290. The Morgan fingerprint density at radius 3 is 2.50 bits per heavy atom. The highest BCUT2D eigenvalue weighted by Crippen LogP contribution is 2.22. The van der Waals surface area contributed by atoms with Gasteiger partial charge in [0.15, 0.2) is 0 Å². The second kappa shape index (κ2) is 7.60. The van der Waals surface area contributed by atoms with Crippen molar-refractivity contribution in [3.05, 3.63) is 0 Å². The van der Waals surface area contributed by atoms with E-state index in [0.29, 0.717) is 0 Å². The summed E-state index contributed by atoms with van der Waals surface area (Å²) in [5, 5.41) is 3.53. The Balaban J connectivity index is 2.60. The van der Waals surface area contributed by atoms with Crippen LogP contribution in [0.15, 0.2) is 0 Å². The van der Waals surface area contributed by atoms with Crippen molar-refractivity contribution >= 4 is 20.6 Å². The molecule has 0 aliphatic heterocycles. The second-order valence-corrected chi connectivity index (χ2v) is 9.09. The minimum absolute atomic E-state index is 0.0367. The molecule has 18 heavy (non-hydrogen) atoms. The third kappa shape index (κ3) is 5.80. The zero-order chi connectivity index (χ0) is 13.6. The van der Waals surface area contributed by atoms with Crippen LogP contribution in [0, 0.1) is 0 Å². The summed E-state index contributed by atoms with van der Waals surface area (Å²) in [7, 11) is -4.05. The monoisotopic (exact) mass is 295 g/mol. The van der Waals surface area contributed by atoms with E-state index in [0.717, 1.165) is 25.8 Å². The fourth-order valence-corrected chi connectivity index (χ4v) is 5.67. The van der Waals surface area contributed by atoms with Crippen LogP contribution in [0.3, 0.4) is 0 Å². The van der Waals surface area contributed by atoms with E-state index in [1.165, 1.54) is 19.1 Å². The first-order valence-electron chi connectivity index (χ1n) is 6.72. The largest absolute Gasteiger partial charge is 0.313 e. The van der Waals surface area contributed by atoms with Crippen LogP contribution in [0.25, 0.3) is 0 Å². The molecular weight excluding hydrogens is 270 g/mol. The Kier molecular flexibility index (Phi) is 6.81. The fraction of sp³-hybridized carbons (Fsp3) is 1.00. The molecule has 0 bridgehead atoms. The van der Waals surface area contributed by atoms with Crippen molar-refractivity contribution < 1.29 is 12.6 Å². The maximum absolute atomic E-state index is 12.3. The summed E-state index contributed by atoms with van der Waals surface area (Å²) in [5.74, 6) is 0.320. The molecule has 0 amide bonds. The Morgan fingerprint density at radius 2 is 1.89 bits per heavy atom. The van der Waals surface area contributed by atoms with Crippen LogP contribution in [0.2, 0.25) is 0 Å². The first-order chi connectivity index (χ1) is 8.44. The quantitative estimate of drug-likeness (QED) is 0.745. The van der Waals surface area contributed by atoms with Gasteiger partial charge >= 0.3 is 0 Å². The molecule has 1 aliphatic rings. The summed E-state index contributed by atoms with van der Waals surface area (Å²) in [5.41, 5.74) is 0. The third-order valence-corrected chi connectivity index (χ3v) is 6.46. The van der Waals surface area contributed by atoms with Gasteiger partial charge in [-0.05, 0) is 19.4 Å². The molecule has 0 heterocycles. The van der Waals surface area contributed by atoms with Crippen molar-refractivity contribution in [2.45, 2.75) is 50.3 Å². The lowest BCUT2D eigenvalue weighted by molar-refractivity contribution is 0.474. The van der Waals surface area contributed by atoms with Gasteiger partial charge in [0.25, 0.3) is 0 Å². The molecule has 3 atom stereocenters. The van der Waals surface area contributed by atoms with Gasteiger partial charge in [-0.25, -0.2) is 8.42 Å². The van der Waals surface area contributed by atoms with Crippen LogP contribution in [0.5, 0.6) is 0 Å². The molecule has 0 radical (unpaired) electrons. The zero-order valence-electron chi connectivity index (χ0n) is 11.4. The van der Waals surface area contributed by atoms with Gasteiger partial charge in [-0.1, -0.05) is 26.2 Å². The van der Waals surface area contributed by atoms with E-state index in [-0.39, 0.29) is 22.8 Å². The van der Waals surface area contributed by atoms with Crippen molar-refractivity contribution in [3.8, 4) is 0 Å². The van der Waals surface area contributed by atoms with Crippen LogP contribution in [0.1, 0.15) is 39.0 Å². The van der Waals surface area contributed by atoms with E-state index in [4.69, 9.17) is 0 Å². The SMILES string of the molecule is CCNC1CCCCCC1S(=O)CCS(C)(=O)=O. The molecule has 1 saturated carbocycles. The van der Waals surface area contributed by atoms with Crippen molar-refractivity contribution in [2.75, 3.05) is 24.3 Å². The highest BCUT2D eigenvalue weighted by Gasteiger charge is 2.28. The minimum atomic E-state index is -3.01. The molecule has 4 nitrogen and oxygen atoms in total. The molecule has 1 N–H and O–H groups in total. The topological polar surface area (TPSA) is 63.2 Å². The first-order valence-corrected chi connectivity index (χ1v) is 10.2. The minimum Gasteiger partial charge on any atom is -0.313 e. The Hall–Kier alpha value is 0.0600. The third-order valence-electron chi connectivity index (χ3n) is 3.41. The Bertz CT molecular complexity index is 368. The molecule has 1 aliphatic carbocycles. The van der Waals surface area contributed by atoms with Gasteiger partial charge in [0.05, 0.1) is 11.0 Å². The van der Waals surface area contributed by atoms with Gasteiger partial charge in [0, 0.05) is 28.9 Å². The van der Waals surface area contributed by atoms with Gasteiger partial charge in [-0.2, -0.15) is 0 Å². The van der Waals surface area contributed by atoms with Crippen molar-refractivity contribution in [3.63, 3.8) is 0 Å². The molecule has 6 heteroatoms. The molecule has 0 saturated heterocycles. The van der Waals surface area contributed by atoms with Crippen LogP contribution in [-0.2, 0) is 20.6 Å². The standard InChI is InChI=1S/C12H25NO3S2/c1-3-13-11-7-5-4-6-8-12(11)17(14)9-10-18(2,15)16/h11-13H,3-10H2,1-2H3. The predicted octanol–water partition coefficient (Wildman–Crippen LogP) is 1.09. The second-order valence-electron chi connectivity index (χ2n) is 5.06. The number of hydrogen-bond acceptors (Lipinski definition) is 4. The normalized spacial score (nSPS) is 27.7. The van der Waals surface area contributed by atoms with Crippen LogP contribution >= 0.6 is 0 Å². The fourth-order valence-electron chi connectivity index (χ4n) is 2.47. The van der Waals surface area contributed by atoms with Crippen molar-refractivity contribution in [1.29, 1.82) is 0 Å². The van der Waals surface area contributed by atoms with E-state index in [9.17, 15) is 12.6 Å². The maximum atomic E-state index is 12.3. The summed E-state index contributed by atoms with van der Waals surface area (Å²) < 4.78 is 34.6. The molecule has 0 aromatic rings. The zero-order valence-corrected chi connectivity index (χ0v) is 13.0. The lowest BCUT2D eigenvalue weighted by Gasteiger charge is -2.25. The van der Waals surface area contributed by atoms with Gasteiger partial charge in [0.2, 0.25) is 0 Å². The van der Waals surface area contributed by atoms with Gasteiger partial charge in [0.1, 0.15) is 9.84 Å². The molecule has 108 valence electrons. The van der Waals surface area contributed by atoms with E-state index < -0.39 is 20.6 Å². The van der Waals surface area contributed by atoms with Crippen LogP contribution < -0.4 is 5.32 Å². The van der Waals surface area contributed by atoms with Crippen molar-refractivity contribution in [2.24, 2.45) is 0 Å². The average molecular weight is 295 g/mol. The smallest absolute Gasteiger partial charge is 0.148 e. The summed E-state index contributed by atoms with van der Waals surface area (Å²) in [6.45, 7) is 2.94. The van der Waals surface area contributed by atoms with E-state index in [1.54, 1.807) is 0 Å². The first kappa shape index (κ1) is 16.1. The highest BCUT2D eigenvalue weighted by atomic mass is 32.2. The van der Waals surface area contributed by atoms with Gasteiger partial charge in [-0.15, -0.1) is 0 Å². The molecule has 0 aromatic carbocycles. The molecular formula is C12H25NO3S2. The lowest BCUT2D eigenvalue weighted by atomic mass is 10.1. The molecule has 1 fully saturated rings. The number of hydrogen-bond donors (Lipinski definition) is 1. The summed E-state index contributed by atoms with van der Waals surface area (Å²) in [6.07, 6.45) is 6.70. The molecule has 3 unspecified atom stereocenters. The Morgan fingerprint density at radius 1 is 1.22 bits per heavy atom. The molecule has 1 rings (SSSR count). The van der Waals surface area contributed by atoms with E-state index in [2.05, 4.69) is 12.2 Å². The lowest BCUT2D eigenvalue weighted by Crippen LogP contribution is -2.42. The summed E-state index contributed by atoms with van der Waals surface area (Å²) >= 11 is 0. The molecule has 0 aromatic heterocycles. The number of rotatable bonds is 6. The van der Waals surface area contributed by atoms with Crippen molar-refractivity contribution in [1.82, 2.24) is 5.32 Å². The van der Waals surface area contributed by atoms with Gasteiger partial charge < -0.3 is 5.32 Å². The average Bonchev–Trinajstić information content (AvgIpc) is 2.51. The van der Waals surface area contributed by atoms with Gasteiger partial charge in [-0.3, -0.25) is 4.21 Å². The number of sulfone groups is 1. The van der Waals surface area contributed by atoms with E-state index in [1.807, 2.05) is 0 Å². The predicted molar refractivity (Wildman–Crippen MR) is 77.1 cm³/mol. The molecule has 0 spiro atoms. The summed E-state index contributed by atoms with van der Waals surface area (Å²) in [4.78, 5) is 0. The van der Waals surface area contributed by atoms with E-state index >= 15 is 0 Å². The Labute approximate surface area is 113 Å².